The third-order valence-corrected chi connectivity index (χ3v) is 2.48. The maximum absolute atomic E-state index is 11.4. The highest BCUT2D eigenvalue weighted by molar-refractivity contribution is 5.80. The van der Waals surface area contributed by atoms with E-state index in [9.17, 15) is 20.1 Å². The highest BCUT2D eigenvalue weighted by Crippen LogP contribution is 2.19. The first-order chi connectivity index (χ1) is 7.95. The zero-order valence-corrected chi connectivity index (χ0v) is 9.82. The first-order valence-corrected chi connectivity index (χ1v) is 5.25. The molecular formula is C12H17NO4. The molecular weight excluding hydrogens is 222 g/mol. The van der Waals surface area contributed by atoms with Crippen LogP contribution in [0.2, 0.25) is 0 Å². The molecule has 0 radical (unpaired) electrons. The van der Waals surface area contributed by atoms with Crippen molar-refractivity contribution in [2.24, 2.45) is 0 Å². The molecule has 1 amide bonds. The van der Waals surface area contributed by atoms with Crippen LogP contribution >= 0.6 is 0 Å². The minimum absolute atomic E-state index is 0.450. The third kappa shape index (κ3) is 3.26. The predicted octanol–water partition coefficient (Wildman–Crippen LogP) is -0.470. The van der Waals surface area contributed by atoms with Crippen LogP contribution in [-0.4, -0.2) is 52.4 Å². The summed E-state index contributed by atoms with van der Waals surface area (Å²) < 4.78 is 0. The van der Waals surface area contributed by atoms with Gasteiger partial charge < -0.3 is 20.2 Å². The Labute approximate surface area is 99.9 Å². The molecule has 0 saturated heterocycles. The van der Waals surface area contributed by atoms with Crippen LogP contribution in [0, 0.1) is 0 Å². The number of aliphatic hydroxyl groups excluding tert-OH is 3. The number of benzene rings is 1. The number of hydrogen-bond acceptors (Lipinski definition) is 4. The van der Waals surface area contributed by atoms with Crippen LogP contribution in [0.3, 0.4) is 0 Å². The summed E-state index contributed by atoms with van der Waals surface area (Å²) in [5.74, 6) is -0.646. The van der Waals surface area contributed by atoms with Gasteiger partial charge in [-0.2, -0.15) is 0 Å². The van der Waals surface area contributed by atoms with E-state index in [1.54, 1.807) is 30.3 Å². The lowest BCUT2D eigenvalue weighted by Gasteiger charge is -2.24. The normalized spacial score (nSPS) is 16.1. The van der Waals surface area contributed by atoms with Crippen LogP contribution < -0.4 is 0 Å². The van der Waals surface area contributed by atoms with Crippen molar-refractivity contribution in [1.29, 1.82) is 0 Å². The second kappa shape index (κ2) is 5.77. The minimum atomic E-state index is -1.64. The molecule has 94 valence electrons. The summed E-state index contributed by atoms with van der Waals surface area (Å²) in [7, 11) is 2.93. The summed E-state index contributed by atoms with van der Waals surface area (Å²) in [6, 6.07) is 8.39. The van der Waals surface area contributed by atoms with Gasteiger partial charge in [-0.15, -0.1) is 0 Å². The molecule has 0 unspecified atom stereocenters. The monoisotopic (exact) mass is 239 g/mol. The van der Waals surface area contributed by atoms with Crippen LogP contribution in [0.25, 0.3) is 0 Å². The molecule has 0 spiro atoms. The summed E-state index contributed by atoms with van der Waals surface area (Å²) >= 11 is 0. The Morgan fingerprint density at radius 1 is 1.12 bits per heavy atom. The molecule has 0 heterocycles. The van der Waals surface area contributed by atoms with Gasteiger partial charge in [0.05, 0.1) is 0 Å². The topological polar surface area (TPSA) is 81.0 Å². The van der Waals surface area contributed by atoms with Crippen molar-refractivity contribution in [3.63, 3.8) is 0 Å². The van der Waals surface area contributed by atoms with Crippen molar-refractivity contribution in [2.75, 3.05) is 14.1 Å². The van der Waals surface area contributed by atoms with E-state index in [0.717, 1.165) is 4.90 Å². The summed E-state index contributed by atoms with van der Waals surface area (Å²) in [6.07, 6.45) is -4.48. The van der Waals surface area contributed by atoms with Crippen molar-refractivity contribution < 1.29 is 20.1 Å². The second-order valence-corrected chi connectivity index (χ2v) is 4.02. The minimum Gasteiger partial charge on any atom is -0.387 e. The Morgan fingerprint density at radius 2 is 1.65 bits per heavy atom. The standard InChI is InChI=1S/C12H17NO4/c1-13(2)12(17)11(16)10(15)9(14)8-6-4-3-5-7-8/h3-7,9-11,14-16H,1-2H3/t9-,10+,11-/m0/s1. The zero-order chi connectivity index (χ0) is 13.0. The Balaban J connectivity index is 2.76. The first kappa shape index (κ1) is 13.6. The van der Waals surface area contributed by atoms with Gasteiger partial charge in [0.1, 0.15) is 12.2 Å². The molecule has 3 atom stereocenters. The van der Waals surface area contributed by atoms with Crippen molar-refractivity contribution >= 4 is 5.91 Å². The molecule has 17 heavy (non-hydrogen) atoms. The van der Waals surface area contributed by atoms with Crippen LogP contribution in [-0.2, 0) is 4.79 Å². The first-order valence-electron chi connectivity index (χ1n) is 5.25. The van der Waals surface area contributed by atoms with Gasteiger partial charge in [0.15, 0.2) is 6.10 Å². The van der Waals surface area contributed by atoms with Crippen molar-refractivity contribution in [3.05, 3.63) is 35.9 Å². The van der Waals surface area contributed by atoms with E-state index in [0.29, 0.717) is 5.56 Å². The molecule has 0 aliphatic rings. The van der Waals surface area contributed by atoms with Gasteiger partial charge in [0.2, 0.25) is 0 Å². The molecule has 0 fully saturated rings. The lowest BCUT2D eigenvalue weighted by atomic mass is 10.00. The maximum atomic E-state index is 11.4. The van der Waals surface area contributed by atoms with E-state index in [1.165, 1.54) is 14.1 Å². The fourth-order valence-electron chi connectivity index (χ4n) is 1.43. The van der Waals surface area contributed by atoms with Gasteiger partial charge in [-0.3, -0.25) is 4.79 Å². The Morgan fingerprint density at radius 3 is 2.12 bits per heavy atom. The highest BCUT2D eigenvalue weighted by Gasteiger charge is 2.31. The quantitative estimate of drug-likeness (QED) is 0.663. The Bertz CT molecular complexity index is 366. The fraction of sp³-hybridized carbons (Fsp3) is 0.417. The summed E-state index contributed by atoms with van der Waals surface area (Å²) in [5.41, 5.74) is 0.450. The molecule has 0 aliphatic heterocycles. The van der Waals surface area contributed by atoms with E-state index < -0.39 is 24.2 Å². The van der Waals surface area contributed by atoms with Gasteiger partial charge in [-0.05, 0) is 5.56 Å². The van der Waals surface area contributed by atoms with Crippen LogP contribution in [0.1, 0.15) is 11.7 Å². The van der Waals surface area contributed by atoms with Gasteiger partial charge in [-0.25, -0.2) is 0 Å². The van der Waals surface area contributed by atoms with E-state index in [-0.39, 0.29) is 0 Å². The largest absolute Gasteiger partial charge is 0.387 e. The van der Waals surface area contributed by atoms with Crippen LogP contribution in [0.4, 0.5) is 0 Å². The Kier molecular flexibility index (Phi) is 4.62. The average molecular weight is 239 g/mol. The summed E-state index contributed by atoms with van der Waals surface area (Å²) in [4.78, 5) is 12.6. The van der Waals surface area contributed by atoms with Crippen molar-refractivity contribution in [3.8, 4) is 0 Å². The van der Waals surface area contributed by atoms with Crippen molar-refractivity contribution in [2.45, 2.75) is 18.3 Å². The predicted molar refractivity (Wildman–Crippen MR) is 62.1 cm³/mol. The number of amides is 1. The third-order valence-electron chi connectivity index (χ3n) is 2.48. The second-order valence-electron chi connectivity index (χ2n) is 4.02. The average Bonchev–Trinajstić information content (AvgIpc) is 2.36. The smallest absolute Gasteiger partial charge is 0.253 e. The number of likely N-dealkylation sites (N-methyl/N-ethyl adjacent to an activating group) is 1. The number of rotatable bonds is 4. The SMILES string of the molecule is CN(C)C(=O)[C@@H](O)[C@H](O)[C@@H](O)c1ccccc1. The maximum Gasteiger partial charge on any atom is 0.253 e. The summed E-state index contributed by atoms with van der Waals surface area (Å²) in [6.45, 7) is 0. The van der Waals surface area contributed by atoms with Crippen LogP contribution in [0.5, 0.6) is 0 Å². The van der Waals surface area contributed by atoms with E-state index in [2.05, 4.69) is 0 Å². The lowest BCUT2D eigenvalue weighted by Crippen LogP contribution is -2.44. The van der Waals surface area contributed by atoms with E-state index in [1.807, 2.05) is 0 Å². The number of carbonyl (C=O) groups is 1. The molecule has 3 N–H and O–H groups in total. The fourth-order valence-corrected chi connectivity index (χ4v) is 1.43. The molecule has 1 aromatic carbocycles. The van der Waals surface area contributed by atoms with E-state index in [4.69, 9.17) is 0 Å². The lowest BCUT2D eigenvalue weighted by molar-refractivity contribution is -0.149. The van der Waals surface area contributed by atoms with Gasteiger partial charge in [-0.1, -0.05) is 30.3 Å². The number of carbonyl (C=O) groups excluding carboxylic acids is 1. The van der Waals surface area contributed by atoms with Crippen molar-refractivity contribution in [1.82, 2.24) is 4.90 Å². The van der Waals surface area contributed by atoms with E-state index >= 15 is 0 Å². The Hall–Kier alpha value is -1.43. The molecule has 1 rings (SSSR count). The van der Waals surface area contributed by atoms with Crippen LogP contribution in [0.15, 0.2) is 30.3 Å². The number of nitrogens with zero attached hydrogens (tertiary/aromatic N) is 1. The molecule has 0 aliphatic carbocycles. The highest BCUT2D eigenvalue weighted by atomic mass is 16.4. The number of aliphatic hydroxyl groups is 3. The zero-order valence-electron chi connectivity index (χ0n) is 9.82. The van der Waals surface area contributed by atoms with Gasteiger partial charge in [0, 0.05) is 14.1 Å². The molecule has 0 saturated carbocycles. The molecule has 5 heteroatoms. The molecule has 1 aromatic rings. The van der Waals surface area contributed by atoms with Gasteiger partial charge >= 0.3 is 0 Å². The number of hydrogen-bond donors (Lipinski definition) is 3. The molecule has 0 bridgehead atoms. The van der Waals surface area contributed by atoms with Gasteiger partial charge in [0.25, 0.3) is 5.91 Å². The molecule has 0 aromatic heterocycles. The molecule has 5 nitrogen and oxygen atoms in total. The summed E-state index contributed by atoms with van der Waals surface area (Å²) in [5, 5.41) is 29.1.